The summed E-state index contributed by atoms with van der Waals surface area (Å²) in [5, 5.41) is 30.8. The molecule has 0 radical (unpaired) electrons. The number of carboxylic acids is 1. The number of nitrogens with zero attached hydrogens (tertiary/aromatic N) is 2. The number of unbranched alkanes of at least 4 members (excludes halogenated alkanes) is 2. The van der Waals surface area contributed by atoms with Crippen LogP contribution in [0.4, 0.5) is 5.69 Å². The van der Waals surface area contributed by atoms with Gasteiger partial charge in [0.15, 0.2) is 0 Å². The molecule has 1 fully saturated rings. The molecule has 0 aliphatic carbocycles. The lowest BCUT2D eigenvalue weighted by atomic mass is 9.95. The molecule has 0 saturated carbocycles. The number of non-ortho nitro benzene ring substituents is 1. The van der Waals surface area contributed by atoms with Crippen LogP contribution >= 0.6 is 15.9 Å². The fourth-order valence-electron chi connectivity index (χ4n) is 3.73. The third-order valence-corrected chi connectivity index (χ3v) is 5.90. The van der Waals surface area contributed by atoms with Crippen LogP contribution in [0, 0.1) is 10.1 Å². The Morgan fingerprint density at radius 2 is 1.64 bits per heavy atom. The highest BCUT2D eigenvalue weighted by atomic mass is 79.9. The zero-order valence-electron chi connectivity index (χ0n) is 17.4. The number of hydrogen-bond acceptors (Lipinski definition) is 6. The summed E-state index contributed by atoms with van der Waals surface area (Å²) < 4.78 is 0.771. The summed E-state index contributed by atoms with van der Waals surface area (Å²) in [6, 6.07) is 11.1. The van der Waals surface area contributed by atoms with E-state index in [1.165, 1.54) is 29.2 Å². The van der Waals surface area contributed by atoms with E-state index in [4.69, 9.17) is 5.11 Å². The van der Waals surface area contributed by atoms with Gasteiger partial charge in [0.2, 0.25) is 0 Å². The molecule has 0 aromatic heterocycles. The molecule has 9 nitrogen and oxygen atoms in total. The highest BCUT2D eigenvalue weighted by molar-refractivity contribution is 9.10. The molecular formula is C23H21BrN2O7. The van der Waals surface area contributed by atoms with Gasteiger partial charge in [0, 0.05) is 35.1 Å². The van der Waals surface area contributed by atoms with E-state index in [9.17, 15) is 29.6 Å². The maximum Gasteiger partial charge on any atom is 0.303 e. The molecule has 1 aliphatic heterocycles. The number of hydrogen-bond donors (Lipinski definition) is 2. The van der Waals surface area contributed by atoms with Crippen molar-refractivity contribution in [2.75, 3.05) is 6.54 Å². The molecule has 2 aromatic rings. The Hall–Kier alpha value is -3.53. The van der Waals surface area contributed by atoms with E-state index in [-0.39, 0.29) is 30.0 Å². The minimum Gasteiger partial charge on any atom is -0.507 e. The number of carbonyl (C=O) groups excluding carboxylic acids is 2. The second kappa shape index (κ2) is 10.4. The number of aliphatic carboxylic acids is 1. The van der Waals surface area contributed by atoms with E-state index in [0.29, 0.717) is 30.4 Å². The number of aliphatic hydroxyl groups is 1. The van der Waals surface area contributed by atoms with Crippen molar-refractivity contribution < 1.29 is 29.5 Å². The summed E-state index contributed by atoms with van der Waals surface area (Å²) in [6.45, 7) is 0.170. The normalized spacial score (nSPS) is 17.4. The van der Waals surface area contributed by atoms with Gasteiger partial charge in [0.1, 0.15) is 5.76 Å². The van der Waals surface area contributed by atoms with Gasteiger partial charge in [-0.25, -0.2) is 0 Å². The van der Waals surface area contributed by atoms with Crippen LogP contribution in [-0.2, 0) is 14.4 Å². The Balaban J connectivity index is 1.99. The quantitative estimate of drug-likeness (QED) is 0.125. The molecule has 33 heavy (non-hydrogen) atoms. The number of Topliss-reactive ketones (excluding diaryl/α,β-unsaturated/α-hetero) is 1. The topological polar surface area (TPSA) is 138 Å². The molecule has 1 atom stereocenters. The number of halogens is 1. The van der Waals surface area contributed by atoms with Gasteiger partial charge in [-0.05, 0) is 42.7 Å². The summed E-state index contributed by atoms with van der Waals surface area (Å²) in [5.74, 6) is -2.87. The minimum atomic E-state index is -0.922. The number of carbonyl (C=O) groups is 3. The Kier molecular flexibility index (Phi) is 7.59. The van der Waals surface area contributed by atoms with E-state index >= 15 is 0 Å². The van der Waals surface area contributed by atoms with Gasteiger partial charge >= 0.3 is 5.97 Å². The van der Waals surface area contributed by atoms with Gasteiger partial charge in [-0.15, -0.1) is 0 Å². The van der Waals surface area contributed by atoms with Crippen molar-refractivity contribution in [3.05, 3.63) is 79.8 Å². The van der Waals surface area contributed by atoms with E-state index in [1.54, 1.807) is 24.3 Å². The van der Waals surface area contributed by atoms with E-state index in [2.05, 4.69) is 15.9 Å². The van der Waals surface area contributed by atoms with Crippen molar-refractivity contribution in [2.45, 2.75) is 31.7 Å². The first kappa shape index (κ1) is 24.1. The van der Waals surface area contributed by atoms with Gasteiger partial charge in [-0.1, -0.05) is 34.5 Å². The van der Waals surface area contributed by atoms with Crippen molar-refractivity contribution in [3.8, 4) is 0 Å². The fourth-order valence-corrected chi connectivity index (χ4v) is 4.00. The lowest BCUT2D eigenvalue weighted by molar-refractivity contribution is -0.384. The van der Waals surface area contributed by atoms with Gasteiger partial charge < -0.3 is 15.1 Å². The molecule has 172 valence electrons. The fraction of sp³-hybridized carbons (Fsp3) is 0.261. The Morgan fingerprint density at radius 1 is 1.00 bits per heavy atom. The number of nitro benzene ring substituents is 1. The van der Waals surface area contributed by atoms with E-state index in [1.807, 2.05) is 0 Å². The standard InChI is InChI=1S/C23H21BrN2O7/c24-16-9-5-15(6-10-16)21(29)19-20(14-7-11-17(12-8-14)26(32)33)25(23(31)22(19)30)13-3-1-2-4-18(27)28/h5-12,20,29H,1-4,13H2,(H,27,28)/b21-19+/t20-/m1/s1. The average molecular weight is 517 g/mol. The highest BCUT2D eigenvalue weighted by Gasteiger charge is 2.45. The van der Waals surface area contributed by atoms with Crippen LogP contribution in [-0.4, -0.2) is 44.2 Å². The lowest BCUT2D eigenvalue weighted by Crippen LogP contribution is -2.30. The van der Waals surface area contributed by atoms with Gasteiger partial charge in [0.25, 0.3) is 17.4 Å². The predicted octanol–water partition coefficient (Wildman–Crippen LogP) is 4.42. The molecule has 2 N–H and O–H groups in total. The van der Waals surface area contributed by atoms with Crippen molar-refractivity contribution in [1.82, 2.24) is 4.90 Å². The Bertz CT molecular complexity index is 1110. The van der Waals surface area contributed by atoms with Crippen LogP contribution in [0.25, 0.3) is 5.76 Å². The summed E-state index contributed by atoms with van der Waals surface area (Å²) in [5.41, 5.74) is 0.563. The molecule has 0 spiro atoms. The zero-order chi connectivity index (χ0) is 24.1. The molecule has 2 aromatic carbocycles. The number of ketones is 1. The number of carboxylic acid groups (broad SMARTS) is 1. The molecule has 1 saturated heterocycles. The zero-order valence-corrected chi connectivity index (χ0v) is 19.0. The number of nitro groups is 1. The SMILES string of the molecule is O=C(O)CCCCCN1C(=O)C(=O)/C(=C(/O)c2ccc(Br)cc2)[C@H]1c1ccc([N+](=O)[O-])cc1. The Labute approximate surface area is 197 Å². The van der Waals surface area contributed by atoms with E-state index in [0.717, 1.165) is 4.47 Å². The van der Waals surface area contributed by atoms with Gasteiger partial charge in [-0.2, -0.15) is 0 Å². The third kappa shape index (κ3) is 5.46. The van der Waals surface area contributed by atoms with Crippen molar-refractivity contribution >= 4 is 45.0 Å². The molecule has 0 bridgehead atoms. The summed E-state index contributed by atoms with van der Waals surface area (Å²) in [7, 11) is 0. The smallest absolute Gasteiger partial charge is 0.303 e. The first-order chi connectivity index (χ1) is 15.7. The Morgan fingerprint density at radius 3 is 2.21 bits per heavy atom. The maximum atomic E-state index is 12.9. The van der Waals surface area contributed by atoms with Gasteiger partial charge in [0.05, 0.1) is 16.5 Å². The summed E-state index contributed by atoms with van der Waals surface area (Å²) in [4.78, 5) is 48.3. The van der Waals surface area contributed by atoms with Crippen molar-refractivity contribution in [2.24, 2.45) is 0 Å². The summed E-state index contributed by atoms with van der Waals surface area (Å²) in [6.07, 6.45) is 1.44. The number of benzene rings is 2. The first-order valence-electron chi connectivity index (χ1n) is 10.2. The van der Waals surface area contributed by atoms with Crippen molar-refractivity contribution in [1.29, 1.82) is 0 Å². The van der Waals surface area contributed by atoms with Crippen LogP contribution in [0.3, 0.4) is 0 Å². The highest BCUT2D eigenvalue weighted by Crippen LogP contribution is 2.40. The molecule has 1 amide bonds. The number of aliphatic hydroxyl groups excluding tert-OH is 1. The predicted molar refractivity (Wildman–Crippen MR) is 122 cm³/mol. The van der Waals surface area contributed by atoms with Gasteiger partial charge in [-0.3, -0.25) is 24.5 Å². The lowest BCUT2D eigenvalue weighted by Gasteiger charge is -2.25. The number of rotatable bonds is 9. The third-order valence-electron chi connectivity index (χ3n) is 5.37. The first-order valence-corrected chi connectivity index (χ1v) is 11.0. The van der Waals surface area contributed by atoms with Crippen LogP contribution in [0.1, 0.15) is 42.9 Å². The number of amides is 1. The second-order valence-corrected chi connectivity index (χ2v) is 8.47. The minimum absolute atomic E-state index is 0.00810. The number of likely N-dealkylation sites (tertiary alicyclic amines) is 1. The molecule has 10 heteroatoms. The van der Waals surface area contributed by atoms with Crippen molar-refractivity contribution in [3.63, 3.8) is 0 Å². The van der Waals surface area contributed by atoms with Crippen LogP contribution < -0.4 is 0 Å². The molecule has 1 heterocycles. The molecule has 1 aliphatic rings. The summed E-state index contributed by atoms with van der Waals surface area (Å²) >= 11 is 3.31. The van der Waals surface area contributed by atoms with Crippen LogP contribution in [0.5, 0.6) is 0 Å². The molecular weight excluding hydrogens is 496 g/mol. The largest absolute Gasteiger partial charge is 0.507 e. The average Bonchev–Trinajstić information content (AvgIpc) is 3.03. The van der Waals surface area contributed by atoms with E-state index < -0.39 is 28.6 Å². The van der Waals surface area contributed by atoms with Crippen LogP contribution in [0.2, 0.25) is 0 Å². The molecule has 3 rings (SSSR count). The monoisotopic (exact) mass is 516 g/mol. The maximum absolute atomic E-state index is 12.9. The second-order valence-electron chi connectivity index (χ2n) is 7.55. The van der Waals surface area contributed by atoms with Crippen LogP contribution in [0.15, 0.2) is 58.6 Å². The molecule has 0 unspecified atom stereocenters.